The molecule has 3 aromatic rings. The fraction of sp³-hybridized carbons (Fsp3) is 0.419. The number of amides is 2. The largest absolute Gasteiger partial charge is 0.463 e. The summed E-state index contributed by atoms with van der Waals surface area (Å²) in [6.07, 6.45) is 8.97. The molecule has 0 spiro atoms. The van der Waals surface area contributed by atoms with Crippen molar-refractivity contribution in [2.24, 2.45) is 11.8 Å². The van der Waals surface area contributed by atoms with Crippen LogP contribution in [0.1, 0.15) is 44.2 Å². The van der Waals surface area contributed by atoms with Crippen LogP contribution in [0.2, 0.25) is 0 Å². The molecular weight excluding hydrogens is 546 g/mol. The zero-order chi connectivity index (χ0) is 29.8. The van der Waals surface area contributed by atoms with Gasteiger partial charge in [0.15, 0.2) is 11.6 Å². The maximum Gasteiger partial charge on any atom is 0.330 e. The molecule has 1 saturated carbocycles. The lowest BCUT2D eigenvalue weighted by atomic mass is 9.97. The monoisotopic (exact) mass is 580 g/mol. The van der Waals surface area contributed by atoms with Crippen LogP contribution in [0.3, 0.4) is 0 Å². The highest BCUT2D eigenvalue weighted by Crippen LogP contribution is 2.31. The van der Waals surface area contributed by atoms with Crippen LogP contribution >= 0.6 is 0 Å². The first-order valence-corrected chi connectivity index (χ1v) is 14.3. The fourth-order valence-corrected chi connectivity index (χ4v) is 5.43. The minimum Gasteiger partial charge on any atom is -0.463 e. The van der Waals surface area contributed by atoms with Crippen LogP contribution in [-0.2, 0) is 32.1 Å². The molecule has 11 heteroatoms. The summed E-state index contributed by atoms with van der Waals surface area (Å²) in [5.74, 6) is -3.26. The van der Waals surface area contributed by atoms with E-state index in [9.17, 15) is 28.0 Å². The van der Waals surface area contributed by atoms with E-state index >= 15 is 0 Å². The zero-order valence-corrected chi connectivity index (χ0v) is 23.4. The van der Waals surface area contributed by atoms with Crippen molar-refractivity contribution in [2.75, 3.05) is 13.2 Å². The number of nitrogens with zero attached hydrogens (tertiary/aromatic N) is 2. The van der Waals surface area contributed by atoms with Crippen LogP contribution in [-0.4, -0.2) is 46.1 Å². The van der Waals surface area contributed by atoms with E-state index in [4.69, 9.17) is 4.74 Å². The van der Waals surface area contributed by atoms with Gasteiger partial charge in [-0.15, -0.1) is 0 Å². The molecule has 3 heterocycles. The smallest absolute Gasteiger partial charge is 0.330 e. The molecule has 0 radical (unpaired) electrons. The maximum absolute atomic E-state index is 14.1. The highest BCUT2D eigenvalue weighted by molar-refractivity contribution is 5.85. The van der Waals surface area contributed by atoms with Gasteiger partial charge in [-0.05, 0) is 68.4 Å². The van der Waals surface area contributed by atoms with E-state index in [0.29, 0.717) is 36.5 Å². The van der Waals surface area contributed by atoms with E-state index in [1.54, 1.807) is 13.0 Å². The van der Waals surface area contributed by atoms with Gasteiger partial charge in [0.2, 0.25) is 11.8 Å². The van der Waals surface area contributed by atoms with Gasteiger partial charge in [0.25, 0.3) is 5.56 Å². The average Bonchev–Trinajstić information content (AvgIpc) is 3.55. The molecule has 2 aromatic heterocycles. The number of carbonyl (C=O) groups excluding carboxylic acids is 3. The quantitative estimate of drug-likeness (QED) is 0.252. The third-order valence-electron chi connectivity index (χ3n) is 7.83. The number of hydrogen-bond acceptors (Lipinski definition) is 5. The summed E-state index contributed by atoms with van der Waals surface area (Å²) in [6.45, 7) is 3.06. The minimum absolute atomic E-state index is 0.101. The second-order valence-electron chi connectivity index (χ2n) is 11.0. The maximum atomic E-state index is 14.1. The molecule has 1 saturated heterocycles. The molecule has 1 aliphatic carbocycles. The number of esters is 1. The molecule has 3 atom stereocenters. The van der Waals surface area contributed by atoms with Crippen LogP contribution < -0.4 is 16.2 Å². The molecule has 2 amide bonds. The predicted octanol–water partition coefficient (Wildman–Crippen LogP) is 3.41. The van der Waals surface area contributed by atoms with E-state index < -0.39 is 35.6 Å². The van der Waals surface area contributed by atoms with Gasteiger partial charge in [-0.2, -0.15) is 0 Å². The van der Waals surface area contributed by atoms with Crippen LogP contribution in [0.15, 0.2) is 59.7 Å². The van der Waals surface area contributed by atoms with Crippen LogP contribution in [0.4, 0.5) is 8.78 Å². The van der Waals surface area contributed by atoms with Gasteiger partial charge in [0.1, 0.15) is 11.6 Å². The van der Waals surface area contributed by atoms with Crippen molar-refractivity contribution in [3.8, 4) is 0 Å². The van der Waals surface area contributed by atoms with Gasteiger partial charge in [0.05, 0.1) is 6.61 Å². The molecule has 5 rings (SSSR count). The first kappa shape index (κ1) is 29.2. The number of benzene rings is 1. The summed E-state index contributed by atoms with van der Waals surface area (Å²) in [4.78, 5) is 52.1. The van der Waals surface area contributed by atoms with Crippen molar-refractivity contribution in [2.45, 2.75) is 57.7 Å². The Morgan fingerprint density at radius 3 is 2.60 bits per heavy atom. The predicted molar refractivity (Wildman–Crippen MR) is 151 cm³/mol. The Morgan fingerprint density at radius 2 is 1.90 bits per heavy atom. The van der Waals surface area contributed by atoms with E-state index in [2.05, 4.69) is 10.6 Å². The molecule has 2 fully saturated rings. The van der Waals surface area contributed by atoms with Gasteiger partial charge in [0, 0.05) is 55.3 Å². The summed E-state index contributed by atoms with van der Waals surface area (Å²) in [7, 11) is 0. The van der Waals surface area contributed by atoms with E-state index in [1.165, 1.54) is 29.0 Å². The highest BCUT2D eigenvalue weighted by atomic mass is 19.2. The van der Waals surface area contributed by atoms with Crippen LogP contribution in [0, 0.1) is 23.5 Å². The number of nitrogens with one attached hydrogen (secondary N) is 2. The molecule has 1 aliphatic heterocycles. The van der Waals surface area contributed by atoms with E-state index in [-0.39, 0.29) is 36.8 Å². The molecule has 2 aliphatic rings. The first-order chi connectivity index (χ1) is 20.2. The van der Waals surface area contributed by atoms with Crippen molar-refractivity contribution in [3.63, 3.8) is 0 Å². The molecule has 222 valence electrons. The summed E-state index contributed by atoms with van der Waals surface area (Å²) >= 11 is 0. The molecular formula is C31H34F2N4O5. The second kappa shape index (κ2) is 12.7. The topological polar surface area (TPSA) is 111 Å². The Morgan fingerprint density at radius 1 is 1.12 bits per heavy atom. The summed E-state index contributed by atoms with van der Waals surface area (Å²) in [5.41, 5.74) is 0.409. The summed E-state index contributed by atoms with van der Waals surface area (Å²) < 4.78 is 36.0. The minimum atomic E-state index is -1.13. The normalized spacial score (nSPS) is 18.3. The third-order valence-corrected chi connectivity index (χ3v) is 7.83. The standard InChI is InChI=1S/C31H34F2N4O5/c1-2-42-27(38)8-6-23(17-22-9-12-34-29(22)39)35-30(40)26(16-20-5-7-24(32)25(33)15-20)37-14-11-21-10-13-36(18-19-3-4-19)28(21)31(37)41/h5-8,10-11,13-15,19,22-23,26H,2-4,9,12,16-18H2,1H3,(H,34,39)(H,35,40)/b8-6+/t22-,23+,26-/m0/s1. The number of rotatable bonds is 12. The lowest BCUT2D eigenvalue weighted by molar-refractivity contribution is -0.137. The summed E-state index contributed by atoms with van der Waals surface area (Å²) in [5, 5.41) is 6.40. The number of carbonyl (C=O) groups is 3. The van der Waals surface area contributed by atoms with Crippen LogP contribution in [0.25, 0.3) is 10.9 Å². The molecule has 0 unspecified atom stereocenters. The van der Waals surface area contributed by atoms with Crippen molar-refractivity contribution in [1.29, 1.82) is 0 Å². The van der Waals surface area contributed by atoms with Gasteiger partial charge < -0.3 is 24.5 Å². The number of aromatic nitrogens is 2. The van der Waals surface area contributed by atoms with Crippen LogP contribution in [0.5, 0.6) is 0 Å². The van der Waals surface area contributed by atoms with Gasteiger partial charge in [-0.3, -0.25) is 14.4 Å². The van der Waals surface area contributed by atoms with Gasteiger partial charge >= 0.3 is 5.97 Å². The van der Waals surface area contributed by atoms with Gasteiger partial charge in [-0.25, -0.2) is 13.6 Å². The zero-order valence-electron chi connectivity index (χ0n) is 23.4. The van der Waals surface area contributed by atoms with E-state index in [0.717, 1.165) is 30.4 Å². The number of hydrogen-bond donors (Lipinski definition) is 2. The lowest BCUT2D eigenvalue weighted by Gasteiger charge is -2.24. The molecule has 1 aromatic carbocycles. The van der Waals surface area contributed by atoms with Gasteiger partial charge in [-0.1, -0.05) is 12.1 Å². The van der Waals surface area contributed by atoms with Crippen molar-refractivity contribution in [3.05, 3.63) is 82.4 Å². The summed E-state index contributed by atoms with van der Waals surface area (Å²) in [6, 6.07) is 5.11. The average molecular weight is 581 g/mol. The Hall–Kier alpha value is -4.28. The lowest BCUT2D eigenvalue weighted by Crippen LogP contribution is -2.43. The number of pyridine rings is 1. The Bertz CT molecular complexity index is 1570. The number of ether oxygens (including phenoxy) is 1. The van der Waals surface area contributed by atoms with Crippen molar-refractivity contribution in [1.82, 2.24) is 19.8 Å². The first-order valence-electron chi connectivity index (χ1n) is 14.3. The number of fused-ring (bicyclic) bond motifs is 1. The highest BCUT2D eigenvalue weighted by Gasteiger charge is 2.30. The molecule has 2 N–H and O–H groups in total. The second-order valence-corrected chi connectivity index (χ2v) is 11.0. The third kappa shape index (κ3) is 6.78. The molecule has 9 nitrogen and oxygen atoms in total. The Kier molecular flexibility index (Phi) is 8.84. The number of halogens is 2. The Labute approximate surface area is 241 Å². The Balaban J connectivity index is 1.49. The van der Waals surface area contributed by atoms with Crippen molar-refractivity contribution >= 4 is 28.7 Å². The van der Waals surface area contributed by atoms with Crippen molar-refractivity contribution < 1.29 is 27.9 Å². The molecule has 0 bridgehead atoms. The fourth-order valence-electron chi connectivity index (χ4n) is 5.43. The SMILES string of the molecule is CCOC(=O)/C=C/[C@H](C[C@@H]1CCNC1=O)NC(=O)[C@H](Cc1ccc(F)c(F)c1)n1ccc2ccn(CC3CC3)c2c1=O. The van der Waals surface area contributed by atoms with E-state index in [1.807, 2.05) is 16.8 Å². The molecule has 42 heavy (non-hydrogen) atoms.